The van der Waals surface area contributed by atoms with Crippen LogP contribution in [0.4, 0.5) is 4.79 Å². The summed E-state index contributed by atoms with van der Waals surface area (Å²) in [5, 5.41) is 9.19. The minimum atomic E-state index is -0.938. The Morgan fingerprint density at radius 1 is 1.19 bits per heavy atom. The molecule has 0 spiro atoms. The van der Waals surface area contributed by atoms with Gasteiger partial charge in [0.25, 0.3) is 0 Å². The Hall–Kier alpha value is -0.950. The number of hydrogen-bond acceptors (Lipinski definition) is 4. The molecule has 2 aliphatic rings. The fourth-order valence-electron chi connectivity index (χ4n) is 3.21. The summed E-state index contributed by atoms with van der Waals surface area (Å²) in [5.41, 5.74) is -0.877. The van der Waals surface area contributed by atoms with Gasteiger partial charge in [0.05, 0.1) is 29.7 Å². The fourth-order valence-corrected chi connectivity index (χ4v) is 4.37. The molecule has 0 saturated carbocycles. The number of hydrogen-bond donors (Lipinski definition) is 1. The predicted octanol–water partition coefficient (Wildman–Crippen LogP) is 1.84. The molecular weight excluding hydrogens is 292 g/mol. The highest BCUT2D eigenvalue weighted by atomic mass is 32.2. The van der Waals surface area contributed by atoms with Crippen molar-refractivity contribution in [3.8, 4) is 0 Å². The van der Waals surface area contributed by atoms with Crippen molar-refractivity contribution < 1.29 is 19.4 Å². The second-order valence-corrected chi connectivity index (χ2v) is 8.30. The summed E-state index contributed by atoms with van der Waals surface area (Å²) >= 11 is 1.50. The standard InChI is InChI=1S/C14H24N2O4S/c1-9-16(10(6-21-9)11(17)18)12(19)15-7-13(2,3)20-14(4,5)8-15/h9-10H,6-8H2,1-5H3,(H,17,18). The van der Waals surface area contributed by atoms with Gasteiger partial charge >= 0.3 is 12.0 Å². The molecule has 0 aliphatic carbocycles. The molecule has 21 heavy (non-hydrogen) atoms. The third-order valence-corrected chi connectivity index (χ3v) is 4.91. The van der Waals surface area contributed by atoms with E-state index in [0.29, 0.717) is 18.8 Å². The molecule has 2 saturated heterocycles. The molecule has 1 N–H and O–H groups in total. The lowest BCUT2D eigenvalue weighted by Crippen LogP contribution is -2.62. The summed E-state index contributed by atoms with van der Waals surface area (Å²) in [6.45, 7) is 10.6. The largest absolute Gasteiger partial charge is 0.480 e. The Morgan fingerprint density at radius 3 is 2.19 bits per heavy atom. The predicted molar refractivity (Wildman–Crippen MR) is 81.4 cm³/mol. The number of urea groups is 1. The van der Waals surface area contributed by atoms with E-state index < -0.39 is 23.2 Å². The Kier molecular flexibility index (Phi) is 4.19. The van der Waals surface area contributed by atoms with E-state index in [-0.39, 0.29) is 11.4 Å². The maximum atomic E-state index is 12.8. The number of ether oxygens (including phenoxy) is 1. The number of thioether (sulfide) groups is 1. The molecule has 2 unspecified atom stereocenters. The van der Waals surface area contributed by atoms with Crippen LogP contribution >= 0.6 is 11.8 Å². The zero-order chi connectivity index (χ0) is 16.0. The number of carboxylic acid groups (broad SMARTS) is 1. The van der Waals surface area contributed by atoms with Crippen molar-refractivity contribution in [2.75, 3.05) is 18.8 Å². The zero-order valence-corrected chi connectivity index (χ0v) is 14.1. The molecule has 2 atom stereocenters. The smallest absolute Gasteiger partial charge is 0.327 e. The average Bonchev–Trinajstić information content (AvgIpc) is 2.66. The van der Waals surface area contributed by atoms with Crippen LogP contribution in [0.15, 0.2) is 0 Å². The van der Waals surface area contributed by atoms with Crippen molar-refractivity contribution >= 4 is 23.8 Å². The summed E-state index contributed by atoms with van der Waals surface area (Å²) in [5.74, 6) is -0.494. The average molecular weight is 316 g/mol. The molecule has 120 valence electrons. The Labute approximate surface area is 129 Å². The van der Waals surface area contributed by atoms with Gasteiger partial charge in [0, 0.05) is 5.75 Å². The van der Waals surface area contributed by atoms with Gasteiger partial charge in [-0.3, -0.25) is 4.90 Å². The van der Waals surface area contributed by atoms with Crippen LogP contribution in [-0.2, 0) is 9.53 Å². The summed E-state index contributed by atoms with van der Waals surface area (Å²) in [6, 6.07) is -0.948. The lowest BCUT2D eigenvalue weighted by molar-refractivity contribution is -0.172. The molecular formula is C14H24N2O4S. The number of carbonyl (C=O) groups excluding carboxylic acids is 1. The van der Waals surface area contributed by atoms with E-state index in [9.17, 15) is 14.7 Å². The molecule has 0 bridgehead atoms. The summed E-state index contributed by atoms with van der Waals surface area (Å²) < 4.78 is 5.97. The van der Waals surface area contributed by atoms with Crippen molar-refractivity contribution in [3.63, 3.8) is 0 Å². The first-order valence-corrected chi connectivity index (χ1v) is 8.19. The number of nitrogens with zero attached hydrogens (tertiary/aromatic N) is 2. The molecule has 7 heteroatoms. The fraction of sp³-hybridized carbons (Fsp3) is 0.857. The maximum absolute atomic E-state index is 12.8. The highest BCUT2D eigenvalue weighted by Crippen LogP contribution is 2.33. The molecule has 2 amide bonds. The third-order valence-electron chi connectivity index (χ3n) is 3.70. The molecule has 2 rings (SSSR count). The van der Waals surface area contributed by atoms with Gasteiger partial charge in [-0.2, -0.15) is 0 Å². The van der Waals surface area contributed by atoms with Gasteiger partial charge in [-0.15, -0.1) is 11.8 Å². The van der Waals surface area contributed by atoms with Gasteiger partial charge in [-0.05, 0) is 34.6 Å². The topological polar surface area (TPSA) is 70.1 Å². The Bertz CT molecular complexity index is 436. The lowest BCUT2D eigenvalue weighted by Gasteiger charge is -2.48. The third kappa shape index (κ3) is 3.45. The zero-order valence-electron chi connectivity index (χ0n) is 13.3. The van der Waals surface area contributed by atoms with Crippen molar-refractivity contribution in [2.45, 2.75) is 57.2 Å². The van der Waals surface area contributed by atoms with Crippen LogP contribution in [0.1, 0.15) is 34.6 Å². The molecule has 0 aromatic carbocycles. The van der Waals surface area contributed by atoms with Crippen LogP contribution in [-0.4, -0.2) is 68.4 Å². The highest BCUT2D eigenvalue weighted by Gasteiger charge is 2.46. The Morgan fingerprint density at radius 2 is 1.71 bits per heavy atom. The molecule has 0 aromatic heterocycles. The van der Waals surface area contributed by atoms with Crippen LogP contribution in [0.3, 0.4) is 0 Å². The second-order valence-electron chi connectivity index (χ2n) is 6.95. The van der Waals surface area contributed by atoms with E-state index in [1.165, 1.54) is 16.7 Å². The van der Waals surface area contributed by atoms with Gasteiger partial charge in [-0.1, -0.05) is 0 Å². The second kappa shape index (κ2) is 5.35. The van der Waals surface area contributed by atoms with Crippen molar-refractivity contribution in [1.82, 2.24) is 9.80 Å². The van der Waals surface area contributed by atoms with Crippen molar-refractivity contribution in [3.05, 3.63) is 0 Å². The van der Waals surface area contributed by atoms with Gasteiger partial charge in [0.15, 0.2) is 0 Å². The number of carbonyl (C=O) groups is 2. The number of rotatable bonds is 1. The van der Waals surface area contributed by atoms with Crippen LogP contribution in [0, 0.1) is 0 Å². The minimum Gasteiger partial charge on any atom is -0.480 e. The number of morpholine rings is 1. The molecule has 0 radical (unpaired) electrons. The molecule has 0 aromatic rings. The number of aliphatic carboxylic acids is 1. The van der Waals surface area contributed by atoms with Crippen LogP contribution in [0.25, 0.3) is 0 Å². The summed E-state index contributed by atoms with van der Waals surface area (Å²) in [4.78, 5) is 27.4. The Balaban J connectivity index is 2.20. The molecule has 6 nitrogen and oxygen atoms in total. The quantitative estimate of drug-likeness (QED) is 0.799. The van der Waals surface area contributed by atoms with E-state index in [1.807, 2.05) is 34.6 Å². The van der Waals surface area contributed by atoms with Crippen molar-refractivity contribution in [1.29, 1.82) is 0 Å². The number of carboxylic acids is 1. The van der Waals surface area contributed by atoms with E-state index in [0.717, 1.165) is 0 Å². The normalized spacial score (nSPS) is 31.3. The monoisotopic (exact) mass is 316 g/mol. The van der Waals surface area contributed by atoms with E-state index >= 15 is 0 Å². The molecule has 2 heterocycles. The lowest BCUT2D eigenvalue weighted by atomic mass is 9.99. The van der Waals surface area contributed by atoms with E-state index in [1.54, 1.807) is 4.90 Å². The first-order valence-electron chi connectivity index (χ1n) is 7.14. The van der Waals surface area contributed by atoms with Crippen molar-refractivity contribution in [2.24, 2.45) is 0 Å². The maximum Gasteiger partial charge on any atom is 0.327 e. The minimum absolute atomic E-state index is 0.118. The summed E-state index contributed by atoms with van der Waals surface area (Å²) in [7, 11) is 0. The first-order chi connectivity index (χ1) is 9.52. The van der Waals surface area contributed by atoms with Crippen LogP contribution in [0.5, 0.6) is 0 Å². The van der Waals surface area contributed by atoms with Crippen LogP contribution in [0.2, 0.25) is 0 Å². The highest BCUT2D eigenvalue weighted by molar-refractivity contribution is 8.00. The van der Waals surface area contributed by atoms with Gasteiger partial charge < -0.3 is 14.7 Å². The van der Waals surface area contributed by atoms with Crippen LogP contribution < -0.4 is 0 Å². The first kappa shape index (κ1) is 16.4. The van der Waals surface area contributed by atoms with E-state index in [4.69, 9.17) is 4.74 Å². The molecule has 2 aliphatic heterocycles. The number of amides is 2. The SMILES string of the molecule is CC1SCC(C(=O)O)N1C(=O)N1CC(C)(C)OC(C)(C)C1. The summed E-state index contributed by atoms with van der Waals surface area (Å²) in [6.07, 6.45) is 0. The van der Waals surface area contributed by atoms with Gasteiger partial charge in [0.2, 0.25) is 0 Å². The van der Waals surface area contributed by atoms with E-state index in [2.05, 4.69) is 0 Å². The molecule has 2 fully saturated rings. The van der Waals surface area contributed by atoms with Gasteiger partial charge in [-0.25, -0.2) is 9.59 Å². The van der Waals surface area contributed by atoms with Gasteiger partial charge in [0.1, 0.15) is 6.04 Å².